The zero-order valence-electron chi connectivity index (χ0n) is 10.5. The molecule has 2 N–H and O–H groups in total. The van der Waals surface area contributed by atoms with Crippen molar-refractivity contribution in [1.29, 1.82) is 0 Å². The van der Waals surface area contributed by atoms with Crippen LogP contribution in [0.15, 0.2) is 11.1 Å². The molecule has 6 nitrogen and oxygen atoms in total. The third-order valence-corrected chi connectivity index (χ3v) is 5.47. The van der Waals surface area contributed by atoms with Crippen molar-refractivity contribution in [2.24, 2.45) is 0 Å². The van der Waals surface area contributed by atoms with Gasteiger partial charge >= 0.3 is 0 Å². The van der Waals surface area contributed by atoms with Gasteiger partial charge in [-0.3, -0.25) is 5.10 Å². The van der Waals surface area contributed by atoms with Crippen LogP contribution >= 0.6 is 0 Å². The first kappa shape index (κ1) is 13.5. The number of rotatable bonds is 4. The van der Waals surface area contributed by atoms with Crippen molar-refractivity contribution in [3.63, 3.8) is 0 Å². The van der Waals surface area contributed by atoms with Crippen LogP contribution in [-0.2, 0) is 10.0 Å². The lowest BCUT2D eigenvalue weighted by Gasteiger charge is -2.34. The van der Waals surface area contributed by atoms with Crippen molar-refractivity contribution < 1.29 is 13.5 Å². The van der Waals surface area contributed by atoms with E-state index in [0.29, 0.717) is 18.7 Å². The van der Waals surface area contributed by atoms with Crippen LogP contribution in [0.25, 0.3) is 0 Å². The van der Waals surface area contributed by atoms with E-state index < -0.39 is 10.0 Å². The Bertz CT molecular complexity index is 495. The van der Waals surface area contributed by atoms with E-state index in [9.17, 15) is 8.42 Å². The minimum absolute atomic E-state index is 0.0149. The maximum absolute atomic E-state index is 12.5. The number of H-pyrrole nitrogens is 1. The minimum atomic E-state index is -3.49. The molecule has 1 fully saturated rings. The van der Waals surface area contributed by atoms with E-state index in [1.54, 1.807) is 6.92 Å². The third-order valence-electron chi connectivity index (χ3n) is 3.41. The molecule has 0 spiro atoms. The first-order chi connectivity index (χ1) is 8.57. The van der Waals surface area contributed by atoms with Crippen LogP contribution in [0.1, 0.15) is 31.4 Å². The summed E-state index contributed by atoms with van der Waals surface area (Å²) in [6.07, 6.45) is 4.56. The number of nitrogens with zero attached hydrogens (tertiary/aromatic N) is 2. The highest BCUT2D eigenvalue weighted by Crippen LogP contribution is 2.27. The Balaban J connectivity index is 2.30. The lowest BCUT2D eigenvalue weighted by atomic mass is 10.0. The van der Waals surface area contributed by atoms with Crippen LogP contribution in [-0.4, -0.2) is 47.2 Å². The molecule has 0 aromatic carbocycles. The molecule has 1 aromatic heterocycles. The summed E-state index contributed by atoms with van der Waals surface area (Å²) in [6, 6.07) is -0.0944. The molecule has 0 radical (unpaired) electrons. The number of hydrogen-bond acceptors (Lipinski definition) is 4. The Morgan fingerprint density at radius 2 is 2.33 bits per heavy atom. The summed E-state index contributed by atoms with van der Waals surface area (Å²) in [5.74, 6) is 0. The number of aromatic nitrogens is 2. The van der Waals surface area contributed by atoms with Crippen LogP contribution < -0.4 is 0 Å². The molecule has 0 aliphatic carbocycles. The normalized spacial score (nSPS) is 22.2. The molecule has 2 rings (SSSR count). The SMILES string of the molecule is Cc1[nH]ncc1S(=O)(=O)N1CCCCC1CCO. The molecule has 0 saturated carbocycles. The number of hydrogen-bond donors (Lipinski definition) is 2. The second-order valence-electron chi connectivity index (χ2n) is 4.64. The smallest absolute Gasteiger partial charge is 0.246 e. The molecule has 1 aliphatic rings. The van der Waals surface area contributed by atoms with Crippen LogP contribution in [0.2, 0.25) is 0 Å². The van der Waals surface area contributed by atoms with Crippen LogP contribution in [0.5, 0.6) is 0 Å². The standard InChI is InChI=1S/C11H19N3O3S/c1-9-11(8-12-13-9)18(16,17)14-6-3-2-4-10(14)5-7-15/h8,10,15H,2-7H2,1H3,(H,12,13). The molecule has 1 atom stereocenters. The number of sulfonamides is 1. The largest absolute Gasteiger partial charge is 0.396 e. The summed E-state index contributed by atoms with van der Waals surface area (Å²) >= 11 is 0. The predicted octanol–water partition coefficient (Wildman–Crippen LogP) is 0.644. The maximum atomic E-state index is 12.5. The Kier molecular flexibility index (Phi) is 4.04. The lowest BCUT2D eigenvalue weighted by molar-refractivity contribution is 0.192. The van der Waals surface area contributed by atoms with Gasteiger partial charge in [-0.1, -0.05) is 6.42 Å². The molecule has 2 heterocycles. The Labute approximate surface area is 107 Å². The van der Waals surface area contributed by atoms with Crippen molar-refractivity contribution in [3.05, 3.63) is 11.9 Å². The van der Waals surface area contributed by atoms with Crippen LogP contribution in [0, 0.1) is 6.92 Å². The summed E-state index contributed by atoms with van der Waals surface area (Å²) in [5.41, 5.74) is 0.559. The van der Waals surface area contributed by atoms with E-state index in [2.05, 4.69) is 10.2 Å². The molecule has 1 saturated heterocycles. The van der Waals surface area contributed by atoms with Gasteiger partial charge in [0, 0.05) is 19.2 Å². The maximum Gasteiger partial charge on any atom is 0.246 e. The van der Waals surface area contributed by atoms with Gasteiger partial charge in [0.1, 0.15) is 4.90 Å². The van der Waals surface area contributed by atoms with E-state index in [1.165, 1.54) is 10.5 Å². The summed E-state index contributed by atoms with van der Waals surface area (Å²) in [7, 11) is -3.49. The Hall–Kier alpha value is -0.920. The zero-order valence-corrected chi connectivity index (χ0v) is 11.3. The number of piperidine rings is 1. The first-order valence-electron chi connectivity index (χ1n) is 6.20. The van der Waals surface area contributed by atoms with E-state index in [4.69, 9.17) is 5.11 Å². The molecule has 0 amide bonds. The van der Waals surface area contributed by atoms with Gasteiger partial charge in [0.25, 0.3) is 0 Å². The van der Waals surface area contributed by atoms with E-state index in [0.717, 1.165) is 19.3 Å². The summed E-state index contributed by atoms with van der Waals surface area (Å²) in [4.78, 5) is 0.243. The van der Waals surface area contributed by atoms with Gasteiger partial charge < -0.3 is 5.11 Å². The van der Waals surface area contributed by atoms with Crippen molar-refractivity contribution in [2.45, 2.75) is 43.5 Å². The quantitative estimate of drug-likeness (QED) is 0.843. The van der Waals surface area contributed by atoms with Crippen molar-refractivity contribution in [1.82, 2.24) is 14.5 Å². The van der Waals surface area contributed by atoms with E-state index in [-0.39, 0.29) is 17.5 Å². The summed E-state index contributed by atoms with van der Waals surface area (Å²) in [5, 5.41) is 15.5. The van der Waals surface area contributed by atoms with Gasteiger partial charge in [-0.15, -0.1) is 0 Å². The van der Waals surface area contributed by atoms with E-state index in [1.807, 2.05) is 0 Å². The molecule has 18 heavy (non-hydrogen) atoms. The molecule has 1 unspecified atom stereocenters. The predicted molar refractivity (Wildman–Crippen MR) is 66.6 cm³/mol. The van der Waals surface area contributed by atoms with Gasteiger partial charge in [0.15, 0.2) is 0 Å². The van der Waals surface area contributed by atoms with Crippen LogP contribution in [0.3, 0.4) is 0 Å². The fraction of sp³-hybridized carbons (Fsp3) is 0.727. The second kappa shape index (κ2) is 5.38. The van der Waals surface area contributed by atoms with Crippen molar-refractivity contribution in [3.8, 4) is 0 Å². The van der Waals surface area contributed by atoms with Gasteiger partial charge in [0.2, 0.25) is 10.0 Å². The second-order valence-corrected chi connectivity index (χ2v) is 6.50. The Morgan fingerprint density at radius 1 is 1.56 bits per heavy atom. The molecule has 1 aromatic rings. The van der Waals surface area contributed by atoms with Gasteiger partial charge in [-0.25, -0.2) is 8.42 Å². The fourth-order valence-electron chi connectivity index (χ4n) is 2.45. The fourth-order valence-corrected chi connectivity index (χ4v) is 4.30. The monoisotopic (exact) mass is 273 g/mol. The molecular formula is C11H19N3O3S. The highest BCUT2D eigenvalue weighted by Gasteiger charge is 2.34. The summed E-state index contributed by atoms with van der Waals surface area (Å²) < 4.78 is 26.6. The highest BCUT2D eigenvalue weighted by atomic mass is 32.2. The van der Waals surface area contributed by atoms with Crippen molar-refractivity contribution in [2.75, 3.05) is 13.2 Å². The topological polar surface area (TPSA) is 86.3 Å². The van der Waals surface area contributed by atoms with Crippen molar-refractivity contribution >= 4 is 10.0 Å². The summed E-state index contributed by atoms with van der Waals surface area (Å²) in [6.45, 7) is 2.24. The average molecular weight is 273 g/mol. The highest BCUT2D eigenvalue weighted by molar-refractivity contribution is 7.89. The first-order valence-corrected chi connectivity index (χ1v) is 7.64. The van der Waals surface area contributed by atoms with Crippen LogP contribution in [0.4, 0.5) is 0 Å². The number of aliphatic hydroxyl groups is 1. The average Bonchev–Trinajstić information content (AvgIpc) is 2.77. The molecule has 7 heteroatoms. The lowest BCUT2D eigenvalue weighted by Crippen LogP contribution is -2.44. The minimum Gasteiger partial charge on any atom is -0.396 e. The number of aryl methyl sites for hydroxylation is 1. The van der Waals surface area contributed by atoms with Gasteiger partial charge in [-0.2, -0.15) is 9.40 Å². The number of aromatic amines is 1. The number of aliphatic hydroxyl groups excluding tert-OH is 1. The third kappa shape index (κ3) is 2.43. The molecular weight excluding hydrogens is 254 g/mol. The van der Waals surface area contributed by atoms with Gasteiger partial charge in [-0.05, 0) is 26.2 Å². The zero-order chi connectivity index (χ0) is 13.2. The van der Waals surface area contributed by atoms with E-state index >= 15 is 0 Å². The molecule has 0 bridgehead atoms. The number of nitrogens with one attached hydrogen (secondary N) is 1. The molecule has 1 aliphatic heterocycles. The van der Waals surface area contributed by atoms with Gasteiger partial charge in [0.05, 0.1) is 11.9 Å². The molecule has 102 valence electrons. The Morgan fingerprint density at radius 3 is 2.94 bits per heavy atom.